The largest absolute Gasteiger partial charge is 0.493 e. The first-order valence-corrected chi connectivity index (χ1v) is 10.1. The van der Waals surface area contributed by atoms with Gasteiger partial charge in [0.15, 0.2) is 17.3 Å². The molecule has 10 nitrogen and oxygen atoms in total. The van der Waals surface area contributed by atoms with Crippen molar-refractivity contribution in [2.24, 2.45) is 0 Å². The summed E-state index contributed by atoms with van der Waals surface area (Å²) in [5, 5.41) is 6.92. The van der Waals surface area contributed by atoms with Gasteiger partial charge < -0.3 is 19.5 Å². The average Bonchev–Trinajstić information content (AvgIpc) is 3.29. The Morgan fingerprint density at radius 1 is 1.19 bits per heavy atom. The van der Waals surface area contributed by atoms with Crippen molar-refractivity contribution in [1.29, 1.82) is 0 Å². The van der Waals surface area contributed by atoms with E-state index < -0.39 is 17.6 Å². The molecule has 164 valence electrons. The molecule has 0 saturated heterocycles. The maximum Gasteiger partial charge on any atom is 0.442 e. The van der Waals surface area contributed by atoms with Crippen LogP contribution in [0.3, 0.4) is 0 Å². The molecule has 1 N–H and O–H groups in total. The number of rotatable bonds is 8. The van der Waals surface area contributed by atoms with Crippen molar-refractivity contribution in [3.05, 3.63) is 45.3 Å². The molecule has 11 heteroatoms. The first kappa shape index (κ1) is 22.1. The van der Waals surface area contributed by atoms with Crippen molar-refractivity contribution in [2.45, 2.75) is 20.4 Å². The molecule has 2 heterocycles. The number of amides is 1. The Hall–Kier alpha value is -3.60. The Balaban J connectivity index is 1.81. The third-order valence-electron chi connectivity index (χ3n) is 4.27. The predicted octanol–water partition coefficient (Wildman–Crippen LogP) is 2.71. The Kier molecular flexibility index (Phi) is 6.75. The van der Waals surface area contributed by atoms with E-state index in [1.807, 2.05) is 0 Å². The number of anilines is 1. The Morgan fingerprint density at radius 3 is 2.61 bits per heavy atom. The van der Waals surface area contributed by atoms with Gasteiger partial charge in [-0.2, -0.15) is 0 Å². The maximum atomic E-state index is 12.6. The summed E-state index contributed by atoms with van der Waals surface area (Å²) in [6.45, 7) is 3.39. The highest BCUT2D eigenvalue weighted by atomic mass is 32.1. The Bertz CT molecular complexity index is 1160. The molecule has 0 unspecified atom stereocenters. The van der Waals surface area contributed by atoms with Gasteiger partial charge in [0.2, 0.25) is 5.91 Å². The van der Waals surface area contributed by atoms with Crippen LogP contribution in [0.5, 0.6) is 11.5 Å². The van der Waals surface area contributed by atoms with Crippen LogP contribution >= 0.6 is 11.3 Å². The first-order chi connectivity index (χ1) is 14.9. The van der Waals surface area contributed by atoms with Gasteiger partial charge in [-0.3, -0.25) is 9.32 Å². The number of carbonyl (C=O) groups excluding carboxylic acids is 2. The van der Waals surface area contributed by atoms with Crippen molar-refractivity contribution in [1.82, 2.24) is 9.72 Å². The van der Waals surface area contributed by atoms with E-state index in [1.54, 1.807) is 38.1 Å². The molecule has 0 radical (unpaired) electrons. The number of hydrogen-bond donors (Lipinski definition) is 1. The fourth-order valence-corrected chi connectivity index (χ4v) is 3.84. The third kappa shape index (κ3) is 4.77. The number of carbonyl (C=O) groups is 2. The smallest absolute Gasteiger partial charge is 0.442 e. The third-order valence-corrected chi connectivity index (χ3v) is 5.40. The minimum Gasteiger partial charge on any atom is -0.493 e. The number of esters is 1. The zero-order valence-electron chi connectivity index (χ0n) is 17.4. The molecule has 0 saturated carbocycles. The standard InChI is InChI=1S/C20H21N3O7S/c1-5-29-19(25)17-11(2)8-16(31-17)21-15(24)10-23-18(22-30-20(23)26)12-6-7-13(27-3)14(9-12)28-4/h6-9H,5,10H2,1-4H3,(H,21,24). The molecular weight excluding hydrogens is 426 g/mol. The van der Waals surface area contributed by atoms with Gasteiger partial charge in [-0.1, -0.05) is 5.16 Å². The highest BCUT2D eigenvalue weighted by Gasteiger charge is 2.20. The summed E-state index contributed by atoms with van der Waals surface area (Å²) in [4.78, 5) is 37.1. The Morgan fingerprint density at radius 2 is 1.94 bits per heavy atom. The number of thiophene rings is 1. The highest BCUT2D eigenvalue weighted by molar-refractivity contribution is 7.18. The molecule has 0 aliphatic heterocycles. The predicted molar refractivity (Wildman–Crippen MR) is 113 cm³/mol. The van der Waals surface area contributed by atoms with Crippen LogP contribution < -0.4 is 20.5 Å². The molecule has 0 atom stereocenters. The van der Waals surface area contributed by atoms with E-state index in [9.17, 15) is 14.4 Å². The fraction of sp³-hybridized carbons (Fsp3) is 0.300. The first-order valence-electron chi connectivity index (χ1n) is 9.24. The van der Waals surface area contributed by atoms with Crippen molar-refractivity contribution in [3.8, 4) is 22.9 Å². The van der Waals surface area contributed by atoms with Gasteiger partial charge in [0.25, 0.3) is 0 Å². The zero-order valence-corrected chi connectivity index (χ0v) is 18.2. The van der Waals surface area contributed by atoms with Crippen LogP contribution in [0.4, 0.5) is 5.00 Å². The highest BCUT2D eigenvalue weighted by Crippen LogP contribution is 2.31. The average molecular weight is 447 g/mol. The lowest BCUT2D eigenvalue weighted by atomic mass is 10.2. The lowest BCUT2D eigenvalue weighted by Gasteiger charge is -2.09. The number of benzene rings is 1. The second kappa shape index (κ2) is 9.47. The second-order valence-electron chi connectivity index (χ2n) is 6.32. The number of ether oxygens (including phenoxy) is 3. The summed E-state index contributed by atoms with van der Waals surface area (Å²) >= 11 is 1.10. The van der Waals surface area contributed by atoms with Gasteiger partial charge in [0.1, 0.15) is 11.4 Å². The van der Waals surface area contributed by atoms with Crippen LogP contribution in [0, 0.1) is 6.92 Å². The minimum absolute atomic E-state index is 0.163. The van der Waals surface area contributed by atoms with E-state index >= 15 is 0 Å². The monoisotopic (exact) mass is 447 g/mol. The normalized spacial score (nSPS) is 10.6. The van der Waals surface area contributed by atoms with E-state index in [-0.39, 0.29) is 19.0 Å². The summed E-state index contributed by atoms with van der Waals surface area (Å²) < 4.78 is 21.3. The quantitative estimate of drug-likeness (QED) is 0.523. The molecule has 3 rings (SSSR count). The van der Waals surface area contributed by atoms with Crippen LogP contribution in [-0.2, 0) is 16.1 Å². The lowest BCUT2D eigenvalue weighted by Crippen LogP contribution is -2.25. The van der Waals surface area contributed by atoms with Gasteiger partial charge >= 0.3 is 11.7 Å². The number of hydrogen-bond acceptors (Lipinski definition) is 9. The summed E-state index contributed by atoms with van der Waals surface area (Å²) in [6, 6.07) is 6.61. The van der Waals surface area contributed by atoms with E-state index in [1.165, 1.54) is 14.2 Å². The molecule has 1 amide bonds. The number of aromatic nitrogens is 2. The van der Waals surface area contributed by atoms with Crippen molar-refractivity contribution in [3.63, 3.8) is 0 Å². The van der Waals surface area contributed by atoms with E-state index in [4.69, 9.17) is 18.7 Å². The maximum absolute atomic E-state index is 12.6. The summed E-state index contributed by atoms with van der Waals surface area (Å²) in [6.07, 6.45) is 0. The lowest BCUT2D eigenvalue weighted by molar-refractivity contribution is -0.116. The number of nitrogens with one attached hydrogen (secondary N) is 1. The summed E-state index contributed by atoms with van der Waals surface area (Å²) in [5.74, 6) is -0.607. The molecule has 0 aliphatic rings. The van der Waals surface area contributed by atoms with Gasteiger partial charge in [0.05, 0.1) is 25.8 Å². The number of aryl methyl sites for hydroxylation is 1. The van der Waals surface area contributed by atoms with E-state index in [2.05, 4.69) is 10.5 Å². The zero-order chi connectivity index (χ0) is 22.5. The Labute approximate surface area is 181 Å². The molecular formula is C20H21N3O7S. The topological polar surface area (TPSA) is 122 Å². The van der Waals surface area contributed by atoms with E-state index in [0.29, 0.717) is 32.5 Å². The molecule has 0 fully saturated rings. The molecule has 31 heavy (non-hydrogen) atoms. The fourth-order valence-electron chi connectivity index (χ4n) is 2.85. The van der Waals surface area contributed by atoms with Crippen LogP contribution in [0.25, 0.3) is 11.4 Å². The molecule has 0 spiro atoms. The van der Waals surface area contributed by atoms with Crippen molar-refractivity contribution in [2.75, 3.05) is 26.1 Å². The molecule has 0 bridgehead atoms. The minimum atomic E-state index is -0.783. The van der Waals surface area contributed by atoms with Crippen molar-refractivity contribution >= 4 is 28.2 Å². The summed E-state index contributed by atoms with van der Waals surface area (Å²) in [7, 11) is 2.99. The molecule has 2 aromatic heterocycles. The van der Waals surface area contributed by atoms with E-state index in [0.717, 1.165) is 15.9 Å². The van der Waals surface area contributed by atoms with Gasteiger partial charge in [-0.25, -0.2) is 14.2 Å². The van der Waals surface area contributed by atoms with Gasteiger partial charge in [-0.15, -0.1) is 11.3 Å². The van der Waals surface area contributed by atoms with Gasteiger partial charge in [-0.05, 0) is 43.7 Å². The second-order valence-corrected chi connectivity index (χ2v) is 7.37. The van der Waals surface area contributed by atoms with Gasteiger partial charge in [0, 0.05) is 5.56 Å². The van der Waals surface area contributed by atoms with Crippen LogP contribution in [0.15, 0.2) is 33.6 Å². The molecule has 3 aromatic rings. The summed E-state index contributed by atoms with van der Waals surface area (Å²) in [5.41, 5.74) is 1.19. The van der Waals surface area contributed by atoms with Crippen LogP contribution in [-0.4, -0.2) is 42.4 Å². The SMILES string of the molecule is CCOC(=O)c1sc(NC(=O)Cn2c(-c3ccc(OC)c(OC)c3)noc2=O)cc1C. The van der Waals surface area contributed by atoms with Crippen molar-refractivity contribution < 1.29 is 28.3 Å². The molecule has 1 aromatic carbocycles. The number of methoxy groups -OCH3 is 2. The van der Waals surface area contributed by atoms with Crippen LogP contribution in [0.2, 0.25) is 0 Å². The number of nitrogens with zero attached hydrogens (tertiary/aromatic N) is 2. The molecule has 0 aliphatic carbocycles. The van der Waals surface area contributed by atoms with Crippen LogP contribution in [0.1, 0.15) is 22.2 Å².